The average Bonchev–Trinajstić information content (AvgIpc) is 2.69. The van der Waals surface area contributed by atoms with Gasteiger partial charge >= 0.3 is 5.97 Å². The molecule has 10 heteroatoms. The number of carbonyl (C=O) groups excluding carboxylic acids is 2. The van der Waals surface area contributed by atoms with Crippen molar-refractivity contribution < 1.29 is 22.7 Å². The minimum atomic E-state index is -3.63. The summed E-state index contributed by atoms with van der Waals surface area (Å²) in [6.45, 7) is 5.21. The second-order valence-electron chi connectivity index (χ2n) is 7.13. The molecule has 0 bridgehead atoms. The number of thioether (sulfide) groups is 1. The number of ether oxygens (including phenoxy) is 1. The summed E-state index contributed by atoms with van der Waals surface area (Å²) in [6.07, 6.45) is 0. The Morgan fingerprint density at radius 3 is 2.39 bits per heavy atom. The van der Waals surface area contributed by atoms with Crippen LogP contribution >= 0.6 is 27.7 Å². The van der Waals surface area contributed by atoms with Gasteiger partial charge < -0.3 is 10.1 Å². The summed E-state index contributed by atoms with van der Waals surface area (Å²) >= 11 is 4.82. The van der Waals surface area contributed by atoms with E-state index in [2.05, 4.69) is 21.2 Å². The number of carbonyl (C=O) groups is 2. The monoisotopic (exact) mass is 528 g/mol. The van der Waals surface area contributed by atoms with E-state index in [-0.39, 0.29) is 10.6 Å². The van der Waals surface area contributed by atoms with E-state index in [1.165, 1.54) is 38.0 Å². The lowest BCUT2D eigenvalue weighted by molar-refractivity contribution is -0.144. The number of aryl methyl sites for hydroxylation is 3. The maximum Gasteiger partial charge on any atom is 0.316 e. The summed E-state index contributed by atoms with van der Waals surface area (Å²) in [5.74, 6) is -0.984. The summed E-state index contributed by atoms with van der Waals surface area (Å²) in [5, 5.41) is 2.60. The minimum absolute atomic E-state index is 0.0620. The molecule has 0 aliphatic heterocycles. The van der Waals surface area contributed by atoms with Gasteiger partial charge in [-0.05, 0) is 61.7 Å². The molecule has 2 rings (SSSR count). The molecule has 168 valence electrons. The van der Waals surface area contributed by atoms with Crippen molar-refractivity contribution in [2.75, 3.05) is 31.8 Å². The first-order chi connectivity index (χ1) is 14.4. The number of esters is 1. The number of nitrogens with zero attached hydrogens (tertiary/aromatic N) is 1. The van der Waals surface area contributed by atoms with Crippen LogP contribution in [-0.4, -0.2) is 51.1 Å². The summed E-state index contributed by atoms with van der Waals surface area (Å²) in [7, 11) is -0.765. The summed E-state index contributed by atoms with van der Waals surface area (Å²) in [4.78, 5) is 25.3. The predicted molar refractivity (Wildman–Crippen MR) is 126 cm³/mol. The van der Waals surface area contributed by atoms with Crippen LogP contribution in [0.1, 0.15) is 16.7 Å². The van der Waals surface area contributed by atoms with E-state index in [4.69, 9.17) is 4.74 Å². The Balaban J connectivity index is 1.93. The number of hydrogen-bond acceptors (Lipinski definition) is 6. The third kappa shape index (κ3) is 6.80. The number of amides is 1. The standard InChI is InChI=1S/C21H25BrN2O5S2/c1-13-6-7-16(31(27,28)24(4)5)10-18(13)23-20(25)11-29-21(26)12-30-19-9-14(2)17(22)8-15(19)3/h6-10H,11-12H2,1-5H3,(H,23,25). The Bertz CT molecular complexity index is 1100. The molecule has 7 nitrogen and oxygen atoms in total. The SMILES string of the molecule is Cc1cc(SCC(=O)OCC(=O)Nc2cc(S(=O)(=O)N(C)C)ccc2C)c(C)cc1Br. The van der Waals surface area contributed by atoms with Crippen LogP contribution in [0.15, 0.2) is 44.6 Å². The number of rotatable bonds is 8. The molecule has 2 aromatic carbocycles. The van der Waals surface area contributed by atoms with Crippen molar-refractivity contribution in [1.29, 1.82) is 0 Å². The third-order valence-electron chi connectivity index (χ3n) is 4.43. The quantitative estimate of drug-likeness (QED) is 0.412. The van der Waals surface area contributed by atoms with Crippen molar-refractivity contribution in [3.05, 3.63) is 51.5 Å². The first kappa shape index (κ1) is 25.4. The van der Waals surface area contributed by atoms with Crippen molar-refractivity contribution in [3.63, 3.8) is 0 Å². The highest BCUT2D eigenvalue weighted by Gasteiger charge is 2.19. The smallest absolute Gasteiger partial charge is 0.316 e. The molecule has 0 aliphatic rings. The molecule has 2 aromatic rings. The van der Waals surface area contributed by atoms with E-state index in [1.54, 1.807) is 13.0 Å². The van der Waals surface area contributed by atoms with Crippen LogP contribution in [0.3, 0.4) is 0 Å². The van der Waals surface area contributed by atoms with Crippen LogP contribution in [0.25, 0.3) is 0 Å². The number of halogens is 1. The number of nitrogens with one attached hydrogen (secondary N) is 1. The topological polar surface area (TPSA) is 92.8 Å². The highest BCUT2D eigenvalue weighted by atomic mass is 79.9. The van der Waals surface area contributed by atoms with Crippen LogP contribution in [0, 0.1) is 20.8 Å². The van der Waals surface area contributed by atoms with Crippen LogP contribution in [0.2, 0.25) is 0 Å². The maximum absolute atomic E-state index is 12.3. The second-order valence-corrected chi connectivity index (χ2v) is 11.2. The molecule has 1 amide bonds. The molecule has 0 aromatic heterocycles. The minimum Gasteiger partial charge on any atom is -0.455 e. The van der Waals surface area contributed by atoms with Gasteiger partial charge in [0.15, 0.2) is 6.61 Å². The summed E-state index contributed by atoms with van der Waals surface area (Å²) < 4.78 is 31.7. The van der Waals surface area contributed by atoms with Gasteiger partial charge in [0.1, 0.15) is 0 Å². The van der Waals surface area contributed by atoms with Gasteiger partial charge in [0.25, 0.3) is 5.91 Å². The van der Waals surface area contributed by atoms with Crippen molar-refractivity contribution in [2.24, 2.45) is 0 Å². The van der Waals surface area contributed by atoms with Crippen LogP contribution in [-0.2, 0) is 24.3 Å². The predicted octanol–water partition coefficient (Wildman–Crippen LogP) is 3.90. The number of hydrogen-bond donors (Lipinski definition) is 1. The van der Waals surface area contributed by atoms with Gasteiger partial charge in [0.2, 0.25) is 10.0 Å². The molecule has 0 fully saturated rings. The lowest BCUT2D eigenvalue weighted by Gasteiger charge is -2.14. The normalized spacial score (nSPS) is 11.5. The molecular weight excluding hydrogens is 504 g/mol. The van der Waals surface area contributed by atoms with E-state index in [9.17, 15) is 18.0 Å². The van der Waals surface area contributed by atoms with Crippen molar-refractivity contribution in [3.8, 4) is 0 Å². The second kappa shape index (κ2) is 10.6. The first-order valence-electron chi connectivity index (χ1n) is 9.30. The van der Waals surface area contributed by atoms with Crippen LogP contribution < -0.4 is 5.32 Å². The van der Waals surface area contributed by atoms with Crippen molar-refractivity contribution >= 4 is 55.3 Å². The Labute approximate surface area is 195 Å². The maximum atomic E-state index is 12.3. The molecule has 0 unspecified atom stereocenters. The van der Waals surface area contributed by atoms with Crippen LogP contribution in [0.5, 0.6) is 0 Å². The number of benzene rings is 2. The van der Waals surface area contributed by atoms with E-state index >= 15 is 0 Å². The molecule has 0 spiro atoms. The molecule has 0 atom stereocenters. The molecule has 31 heavy (non-hydrogen) atoms. The van der Waals surface area contributed by atoms with Gasteiger partial charge in [-0.2, -0.15) is 0 Å². The molecule has 0 saturated carbocycles. The van der Waals surface area contributed by atoms with E-state index < -0.39 is 28.5 Å². The zero-order valence-electron chi connectivity index (χ0n) is 18.0. The highest BCUT2D eigenvalue weighted by Crippen LogP contribution is 2.28. The molecule has 0 aliphatic carbocycles. The zero-order valence-corrected chi connectivity index (χ0v) is 21.2. The van der Waals surface area contributed by atoms with E-state index in [0.29, 0.717) is 11.3 Å². The number of sulfonamides is 1. The van der Waals surface area contributed by atoms with Gasteiger partial charge in [-0.15, -0.1) is 11.8 Å². The molecule has 1 N–H and O–H groups in total. The van der Waals surface area contributed by atoms with Crippen LogP contribution in [0.4, 0.5) is 5.69 Å². The van der Waals surface area contributed by atoms with Gasteiger partial charge in [-0.25, -0.2) is 12.7 Å². The Hall–Kier alpha value is -1.88. The van der Waals surface area contributed by atoms with Gasteiger partial charge in [-0.1, -0.05) is 22.0 Å². The largest absolute Gasteiger partial charge is 0.455 e. The molecule has 0 heterocycles. The highest BCUT2D eigenvalue weighted by molar-refractivity contribution is 9.10. The van der Waals surface area contributed by atoms with E-state index in [0.717, 1.165) is 24.8 Å². The van der Waals surface area contributed by atoms with Crippen molar-refractivity contribution in [2.45, 2.75) is 30.6 Å². The van der Waals surface area contributed by atoms with Gasteiger partial charge in [-0.3, -0.25) is 9.59 Å². The zero-order chi connectivity index (χ0) is 23.3. The van der Waals surface area contributed by atoms with Gasteiger partial charge in [0, 0.05) is 29.2 Å². The average molecular weight is 529 g/mol. The summed E-state index contributed by atoms with van der Waals surface area (Å²) in [6, 6.07) is 8.45. The molecule has 0 saturated heterocycles. The van der Waals surface area contributed by atoms with Crippen molar-refractivity contribution in [1.82, 2.24) is 4.31 Å². The lowest BCUT2D eigenvalue weighted by Crippen LogP contribution is -2.24. The third-order valence-corrected chi connectivity index (χ3v) is 8.22. The number of anilines is 1. The first-order valence-corrected chi connectivity index (χ1v) is 12.5. The Morgan fingerprint density at radius 2 is 1.74 bits per heavy atom. The fourth-order valence-electron chi connectivity index (χ4n) is 2.53. The van der Waals surface area contributed by atoms with Gasteiger partial charge in [0.05, 0.1) is 10.6 Å². The fraction of sp³-hybridized carbons (Fsp3) is 0.333. The van der Waals surface area contributed by atoms with E-state index in [1.807, 2.05) is 26.0 Å². The molecule has 0 radical (unpaired) electrons. The summed E-state index contributed by atoms with van der Waals surface area (Å²) in [5.41, 5.74) is 3.14. The lowest BCUT2D eigenvalue weighted by atomic mass is 10.2. The molecular formula is C21H25BrN2O5S2. The Kier molecular flexibility index (Phi) is 8.70. The fourth-order valence-corrected chi connectivity index (χ4v) is 4.82. The Morgan fingerprint density at radius 1 is 1.06 bits per heavy atom.